The van der Waals surface area contributed by atoms with Crippen molar-refractivity contribution in [2.75, 3.05) is 0 Å². The Morgan fingerprint density at radius 2 is 2.29 bits per heavy atom. The predicted octanol–water partition coefficient (Wildman–Crippen LogP) is -0.0587. The number of carboxylic acids is 1. The minimum Gasteiger partial charge on any atom is -0.481 e. The summed E-state index contributed by atoms with van der Waals surface area (Å²) in [7, 11) is -3.61. The highest BCUT2D eigenvalue weighted by Crippen LogP contribution is 2.26. The van der Waals surface area contributed by atoms with Crippen LogP contribution >= 0.6 is 0 Å². The summed E-state index contributed by atoms with van der Waals surface area (Å²) in [5.41, 5.74) is 0. The topological polar surface area (TPSA) is 112 Å². The molecule has 1 aliphatic carbocycles. The van der Waals surface area contributed by atoms with E-state index in [-0.39, 0.29) is 11.1 Å². The maximum absolute atomic E-state index is 11.8. The Morgan fingerprint density at radius 1 is 1.53 bits per heavy atom. The zero-order valence-corrected chi connectivity index (χ0v) is 9.77. The van der Waals surface area contributed by atoms with Crippen molar-refractivity contribution in [2.45, 2.75) is 30.3 Å². The minimum absolute atomic E-state index is 0.00345. The number of sulfonamides is 1. The molecule has 1 aliphatic rings. The van der Waals surface area contributed by atoms with Gasteiger partial charge in [0.1, 0.15) is 0 Å². The van der Waals surface area contributed by atoms with Crippen LogP contribution in [0.5, 0.6) is 0 Å². The van der Waals surface area contributed by atoms with E-state index in [1.807, 2.05) is 0 Å². The first-order valence-electron chi connectivity index (χ1n) is 5.23. The summed E-state index contributed by atoms with van der Waals surface area (Å²) >= 11 is 0. The van der Waals surface area contributed by atoms with E-state index in [1.165, 1.54) is 12.3 Å². The molecule has 94 valence electrons. The standard InChI is InChI=1S/C9H13N3O4S/c13-9(14)6-1-2-7(5-6)12-17(15,16)8-3-4-10-11-8/h3-4,6-7,12H,1-2,5H2,(H,10,11)(H,13,14). The highest BCUT2D eigenvalue weighted by Gasteiger charge is 2.32. The van der Waals surface area contributed by atoms with E-state index in [1.54, 1.807) is 0 Å². The third-order valence-corrected chi connectivity index (χ3v) is 4.32. The van der Waals surface area contributed by atoms with Gasteiger partial charge < -0.3 is 5.11 Å². The van der Waals surface area contributed by atoms with Crippen LogP contribution in [0.15, 0.2) is 17.3 Å². The molecule has 1 fully saturated rings. The highest BCUT2D eigenvalue weighted by molar-refractivity contribution is 7.89. The Bertz CT molecular complexity index is 496. The summed E-state index contributed by atoms with van der Waals surface area (Å²) in [6.45, 7) is 0. The first-order chi connectivity index (χ1) is 7.99. The van der Waals surface area contributed by atoms with Crippen LogP contribution in [-0.4, -0.2) is 35.7 Å². The number of carboxylic acid groups (broad SMARTS) is 1. The maximum atomic E-state index is 11.8. The fourth-order valence-electron chi connectivity index (χ4n) is 1.99. The summed E-state index contributed by atoms with van der Waals surface area (Å²) in [5, 5.41) is 14.8. The molecule has 7 nitrogen and oxygen atoms in total. The molecule has 0 saturated heterocycles. The van der Waals surface area contributed by atoms with E-state index < -0.39 is 21.9 Å². The number of aromatic nitrogens is 2. The summed E-state index contributed by atoms with van der Waals surface area (Å²) < 4.78 is 26.1. The van der Waals surface area contributed by atoms with Crippen molar-refractivity contribution in [1.82, 2.24) is 14.9 Å². The molecule has 1 heterocycles. The van der Waals surface area contributed by atoms with Crippen molar-refractivity contribution in [1.29, 1.82) is 0 Å². The van der Waals surface area contributed by atoms with Gasteiger partial charge in [0.15, 0.2) is 5.03 Å². The van der Waals surface area contributed by atoms with Crippen molar-refractivity contribution >= 4 is 16.0 Å². The number of aliphatic carboxylic acids is 1. The monoisotopic (exact) mass is 259 g/mol. The molecule has 0 bridgehead atoms. The number of H-pyrrole nitrogens is 1. The second-order valence-corrected chi connectivity index (χ2v) is 5.77. The van der Waals surface area contributed by atoms with Crippen molar-refractivity contribution in [3.05, 3.63) is 12.3 Å². The summed E-state index contributed by atoms with van der Waals surface area (Å²) in [6, 6.07) is 1.04. The molecule has 1 saturated carbocycles. The molecule has 0 aromatic carbocycles. The fraction of sp³-hybridized carbons (Fsp3) is 0.556. The van der Waals surface area contributed by atoms with E-state index in [2.05, 4.69) is 14.9 Å². The van der Waals surface area contributed by atoms with Crippen molar-refractivity contribution < 1.29 is 18.3 Å². The number of hydrogen-bond donors (Lipinski definition) is 3. The molecule has 1 aromatic rings. The Labute approximate surface area is 98.3 Å². The van der Waals surface area contributed by atoms with Crippen LogP contribution in [0.2, 0.25) is 0 Å². The lowest BCUT2D eigenvalue weighted by molar-refractivity contribution is -0.141. The number of nitrogens with zero attached hydrogens (tertiary/aromatic N) is 1. The van der Waals surface area contributed by atoms with Crippen LogP contribution in [0, 0.1) is 5.92 Å². The molecular formula is C9H13N3O4S. The molecule has 2 unspecified atom stereocenters. The lowest BCUT2D eigenvalue weighted by atomic mass is 10.1. The zero-order chi connectivity index (χ0) is 12.5. The van der Waals surface area contributed by atoms with Crippen molar-refractivity contribution in [2.24, 2.45) is 5.92 Å². The average molecular weight is 259 g/mol. The molecular weight excluding hydrogens is 246 g/mol. The fourth-order valence-corrected chi connectivity index (χ4v) is 3.18. The second-order valence-electron chi connectivity index (χ2n) is 4.09. The summed E-state index contributed by atoms with van der Waals surface area (Å²) in [6.07, 6.45) is 2.74. The minimum atomic E-state index is -3.61. The quantitative estimate of drug-likeness (QED) is 0.701. The number of aromatic amines is 1. The Balaban J connectivity index is 2.01. The molecule has 3 N–H and O–H groups in total. The highest BCUT2D eigenvalue weighted by atomic mass is 32.2. The van der Waals surface area contributed by atoms with Gasteiger partial charge in [0.2, 0.25) is 0 Å². The van der Waals surface area contributed by atoms with Crippen LogP contribution < -0.4 is 4.72 Å². The van der Waals surface area contributed by atoms with Gasteiger partial charge in [0.25, 0.3) is 10.0 Å². The van der Waals surface area contributed by atoms with Gasteiger partial charge in [-0.3, -0.25) is 9.89 Å². The molecule has 0 aliphatic heterocycles. The zero-order valence-electron chi connectivity index (χ0n) is 8.96. The van der Waals surface area contributed by atoms with Crippen LogP contribution in [-0.2, 0) is 14.8 Å². The predicted molar refractivity (Wildman–Crippen MR) is 57.7 cm³/mol. The van der Waals surface area contributed by atoms with Gasteiger partial charge in [0.05, 0.1) is 12.1 Å². The number of rotatable bonds is 4. The molecule has 0 radical (unpaired) electrons. The third kappa shape index (κ3) is 2.64. The van der Waals surface area contributed by atoms with Gasteiger partial charge in [-0.2, -0.15) is 5.10 Å². The van der Waals surface area contributed by atoms with Gasteiger partial charge in [-0.05, 0) is 25.3 Å². The van der Waals surface area contributed by atoms with Crippen LogP contribution in [0.3, 0.4) is 0 Å². The molecule has 0 spiro atoms. The van der Waals surface area contributed by atoms with Crippen LogP contribution in [0.25, 0.3) is 0 Å². The van der Waals surface area contributed by atoms with E-state index in [0.717, 1.165) is 0 Å². The van der Waals surface area contributed by atoms with Gasteiger partial charge in [-0.15, -0.1) is 0 Å². The lowest BCUT2D eigenvalue weighted by Gasteiger charge is -2.11. The summed E-state index contributed by atoms with van der Waals surface area (Å²) in [5.74, 6) is -1.32. The Hall–Kier alpha value is -1.41. The maximum Gasteiger partial charge on any atom is 0.306 e. The van der Waals surface area contributed by atoms with Gasteiger partial charge in [-0.1, -0.05) is 0 Å². The Morgan fingerprint density at radius 3 is 2.82 bits per heavy atom. The molecule has 0 amide bonds. The van der Waals surface area contributed by atoms with Crippen LogP contribution in [0.4, 0.5) is 0 Å². The molecule has 2 atom stereocenters. The smallest absolute Gasteiger partial charge is 0.306 e. The van der Waals surface area contributed by atoms with Gasteiger partial charge in [0, 0.05) is 6.04 Å². The number of nitrogens with one attached hydrogen (secondary N) is 2. The number of hydrogen-bond acceptors (Lipinski definition) is 4. The van der Waals surface area contributed by atoms with Crippen molar-refractivity contribution in [3.8, 4) is 0 Å². The second kappa shape index (κ2) is 4.46. The molecule has 8 heteroatoms. The van der Waals surface area contributed by atoms with Gasteiger partial charge >= 0.3 is 5.97 Å². The van der Waals surface area contributed by atoms with E-state index >= 15 is 0 Å². The number of carbonyl (C=O) groups is 1. The normalized spacial score (nSPS) is 24.9. The van der Waals surface area contributed by atoms with E-state index in [0.29, 0.717) is 19.3 Å². The van der Waals surface area contributed by atoms with E-state index in [4.69, 9.17) is 5.11 Å². The molecule has 2 rings (SSSR count). The first kappa shape index (κ1) is 12.1. The van der Waals surface area contributed by atoms with Crippen molar-refractivity contribution in [3.63, 3.8) is 0 Å². The molecule has 17 heavy (non-hydrogen) atoms. The Kier molecular flexibility index (Phi) is 3.16. The average Bonchev–Trinajstić information content (AvgIpc) is 2.85. The SMILES string of the molecule is O=C(O)C1CCC(NS(=O)(=O)c2ccn[nH]2)C1. The van der Waals surface area contributed by atoms with Crippen LogP contribution in [0.1, 0.15) is 19.3 Å². The largest absolute Gasteiger partial charge is 0.481 e. The first-order valence-corrected chi connectivity index (χ1v) is 6.72. The van der Waals surface area contributed by atoms with Gasteiger partial charge in [-0.25, -0.2) is 13.1 Å². The summed E-state index contributed by atoms with van der Waals surface area (Å²) in [4.78, 5) is 10.7. The molecule has 1 aromatic heterocycles. The third-order valence-electron chi connectivity index (χ3n) is 2.87. The van der Waals surface area contributed by atoms with E-state index in [9.17, 15) is 13.2 Å². The lowest BCUT2D eigenvalue weighted by Crippen LogP contribution is -2.33.